The molecule has 2 aliphatic carbocycles. The van der Waals surface area contributed by atoms with Crippen LogP contribution in [-0.2, 0) is 16.6 Å². The number of phenolic OH excluding ortho intramolecular Hbond substituents is 1. The van der Waals surface area contributed by atoms with Crippen molar-refractivity contribution in [3.8, 4) is 11.5 Å². The smallest absolute Gasteiger partial charge is 0.177 e. The molecule has 1 aromatic rings. The van der Waals surface area contributed by atoms with Crippen molar-refractivity contribution in [2.45, 2.75) is 55.3 Å². The van der Waals surface area contributed by atoms with Crippen LogP contribution < -0.4 is 4.74 Å². The molecule has 0 radical (unpaired) electrons. The van der Waals surface area contributed by atoms with E-state index in [1.807, 2.05) is 20.0 Å². The molecule has 122 valence electrons. The Labute approximate surface area is 134 Å². The topological polar surface area (TPSA) is 70.0 Å². The second-order valence-electron chi connectivity index (χ2n) is 7.79. The minimum Gasteiger partial charge on any atom is -0.504 e. The first-order chi connectivity index (χ1) is 10.8. The van der Waals surface area contributed by atoms with Crippen molar-refractivity contribution in [2.75, 3.05) is 13.6 Å². The zero-order valence-electron chi connectivity index (χ0n) is 13.4. The average molecular weight is 315 g/mol. The quantitative estimate of drug-likeness (QED) is 0.751. The van der Waals surface area contributed by atoms with Crippen LogP contribution in [0.15, 0.2) is 12.1 Å². The van der Waals surface area contributed by atoms with Gasteiger partial charge in [-0.3, -0.25) is 4.79 Å². The van der Waals surface area contributed by atoms with Crippen LogP contribution in [0.3, 0.4) is 0 Å². The van der Waals surface area contributed by atoms with E-state index in [9.17, 15) is 15.0 Å². The molecule has 23 heavy (non-hydrogen) atoms. The molecule has 1 aromatic carbocycles. The minimum atomic E-state index is -1.09. The predicted octanol–water partition coefficient (Wildman–Crippen LogP) is 1.14. The van der Waals surface area contributed by atoms with Gasteiger partial charge in [-0.25, -0.2) is 0 Å². The Hall–Kier alpha value is -1.59. The van der Waals surface area contributed by atoms with Crippen LogP contribution in [0.1, 0.15) is 37.3 Å². The number of carbonyl (C=O) groups is 1. The number of carbonyl (C=O) groups excluding carboxylic acids is 1. The molecule has 0 aromatic heterocycles. The number of rotatable bonds is 0. The van der Waals surface area contributed by atoms with Gasteiger partial charge in [0.2, 0.25) is 0 Å². The summed E-state index contributed by atoms with van der Waals surface area (Å²) in [4.78, 5) is 15.1. The van der Waals surface area contributed by atoms with E-state index in [4.69, 9.17) is 4.74 Å². The molecule has 1 unspecified atom stereocenters. The van der Waals surface area contributed by atoms with Crippen LogP contribution in [-0.4, -0.2) is 51.7 Å². The fraction of sp³-hybridized carbons (Fsp3) is 0.611. The molecule has 4 aliphatic rings. The van der Waals surface area contributed by atoms with E-state index < -0.39 is 16.6 Å². The number of nitrogens with zero attached hydrogens (tertiary/aromatic N) is 1. The molecule has 2 aliphatic heterocycles. The molecule has 0 amide bonds. The monoisotopic (exact) mass is 315 g/mol. The Morgan fingerprint density at radius 3 is 2.91 bits per heavy atom. The summed E-state index contributed by atoms with van der Waals surface area (Å²) < 4.78 is 6.13. The first-order valence-corrected chi connectivity index (χ1v) is 8.35. The first kappa shape index (κ1) is 13.8. The molecule has 5 heteroatoms. The Morgan fingerprint density at radius 1 is 1.35 bits per heavy atom. The standard InChI is InChI=1S/C18H21NO4/c1-16-13(21)5-6-18(22)12-9-10-3-4-11(20)15(23-16)14(10)17(16,18)7-8-19(12)2/h3-4,12,20,22H,5-9H2,1-2H3/t12-,16+,17+,18?/m1/s1. The number of benzene rings is 1. The van der Waals surface area contributed by atoms with Gasteiger partial charge in [0, 0.05) is 18.0 Å². The third-order valence-electron chi connectivity index (χ3n) is 7.11. The van der Waals surface area contributed by atoms with Crippen molar-refractivity contribution in [1.29, 1.82) is 0 Å². The average Bonchev–Trinajstić information content (AvgIpc) is 2.79. The van der Waals surface area contributed by atoms with Crippen molar-refractivity contribution < 1.29 is 19.7 Å². The van der Waals surface area contributed by atoms with Gasteiger partial charge in [0.15, 0.2) is 22.9 Å². The maximum atomic E-state index is 12.8. The summed E-state index contributed by atoms with van der Waals surface area (Å²) in [6.07, 6.45) is 2.19. The van der Waals surface area contributed by atoms with E-state index in [1.165, 1.54) is 0 Å². The van der Waals surface area contributed by atoms with E-state index in [2.05, 4.69) is 4.90 Å². The summed E-state index contributed by atoms with van der Waals surface area (Å²) in [5.41, 5.74) is -0.837. The molecule has 2 N–H and O–H groups in total. The summed E-state index contributed by atoms with van der Waals surface area (Å²) in [5.74, 6) is 0.525. The highest BCUT2D eigenvalue weighted by Crippen LogP contribution is 2.68. The molecule has 1 saturated heterocycles. The van der Waals surface area contributed by atoms with E-state index in [0.717, 1.165) is 24.1 Å². The number of aliphatic hydroxyl groups is 1. The van der Waals surface area contributed by atoms with Crippen molar-refractivity contribution in [2.24, 2.45) is 0 Å². The molecule has 2 heterocycles. The Balaban J connectivity index is 1.92. The van der Waals surface area contributed by atoms with Gasteiger partial charge in [-0.1, -0.05) is 6.07 Å². The fourth-order valence-electron chi connectivity index (χ4n) is 5.99. The maximum absolute atomic E-state index is 12.8. The Bertz CT molecular complexity index is 762. The van der Waals surface area contributed by atoms with Gasteiger partial charge in [0.25, 0.3) is 0 Å². The van der Waals surface area contributed by atoms with Crippen molar-refractivity contribution >= 4 is 5.78 Å². The minimum absolute atomic E-state index is 0.0183. The highest BCUT2D eigenvalue weighted by molar-refractivity contribution is 5.94. The van der Waals surface area contributed by atoms with Crippen LogP contribution >= 0.6 is 0 Å². The second kappa shape index (κ2) is 3.73. The zero-order valence-corrected chi connectivity index (χ0v) is 13.4. The zero-order chi connectivity index (χ0) is 16.2. The van der Waals surface area contributed by atoms with Crippen LogP contribution in [0.4, 0.5) is 0 Å². The first-order valence-electron chi connectivity index (χ1n) is 8.35. The van der Waals surface area contributed by atoms with E-state index in [0.29, 0.717) is 25.0 Å². The normalized spacial score (nSPS) is 44.0. The number of hydrogen-bond acceptors (Lipinski definition) is 5. The van der Waals surface area contributed by atoms with Crippen LogP contribution in [0.5, 0.6) is 11.5 Å². The van der Waals surface area contributed by atoms with Gasteiger partial charge in [0.05, 0.1) is 11.0 Å². The molecule has 1 saturated carbocycles. The largest absolute Gasteiger partial charge is 0.504 e. The lowest BCUT2D eigenvalue weighted by Gasteiger charge is -2.64. The lowest BCUT2D eigenvalue weighted by Crippen LogP contribution is -2.79. The van der Waals surface area contributed by atoms with Gasteiger partial charge in [0.1, 0.15) is 0 Å². The van der Waals surface area contributed by atoms with Crippen LogP contribution in [0, 0.1) is 0 Å². The van der Waals surface area contributed by atoms with Crippen LogP contribution in [0.25, 0.3) is 0 Å². The van der Waals surface area contributed by atoms with E-state index in [-0.39, 0.29) is 17.6 Å². The molecule has 5 rings (SSSR count). The van der Waals surface area contributed by atoms with Gasteiger partial charge in [-0.05, 0) is 51.4 Å². The summed E-state index contributed by atoms with van der Waals surface area (Å²) in [6, 6.07) is 3.56. The molecule has 4 atom stereocenters. The predicted molar refractivity (Wildman–Crippen MR) is 82.7 cm³/mol. The van der Waals surface area contributed by atoms with E-state index >= 15 is 0 Å². The Kier molecular flexibility index (Phi) is 2.24. The highest BCUT2D eigenvalue weighted by atomic mass is 16.5. The SMILES string of the molecule is CN1CC[C@]23c4c5ccc(O)c4O[C@@]2(C)C(=O)CCC3(O)[C@H]1C5. The number of likely N-dealkylation sites (N-methyl/N-ethyl adjacent to an activating group) is 1. The highest BCUT2D eigenvalue weighted by Gasteiger charge is 2.77. The van der Waals surface area contributed by atoms with Crippen LogP contribution in [0.2, 0.25) is 0 Å². The van der Waals surface area contributed by atoms with E-state index in [1.54, 1.807) is 6.07 Å². The number of aromatic hydroxyl groups is 1. The second-order valence-corrected chi connectivity index (χ2v) is 7.79. The number of phenols is 1. The third kappa shape index (κ3) is 1.18. The summed E-state index contributed by atoms with van der Waals surface area (Å²) in [6.45, 7) is 2.63. The Morgan fingerprint density at radius 2 is 2.13 bits per heavy atom. The molecule has 5 nitrogen and oxygen atoms in total. The van der Waals surface area contributed by atoms with Gasteiger partial charge >= 0.3 is 0 Å². The lowest BCUT2D eigenvalue weighted by molar-refractivity contribution is -0.206. The van der Waals surface area contributed by atoms with Gasteiger partial charge in [-0.15, -0.1) is 0 Å². The molecule has 2 fully saturated rings. The number of hydrogen-bond donors (Lipinski definition) is 2. The summed E-state index contributed by atoms with van der Waals surface area (Å²) >= 11 is 0. The number of piperidine rings is 1. The molecule has 1 spiro atoms. The fourth-order valence-corrected chi connectivity index (χ4v) is 5.99. The number of Topliss-reactive ketones (excluding diaryl/α,β-unsaturated/α-hetero) is 1. The third-order valence-corrected chi connectivity index (χ3v) is 7.11. The maximum Gasteiger partial charge on any atom is 0.177 e. The summed E-state index contributed by atoms with van der Waals surface area (Å²) in [5, 5.41) is 22.1. The van der Waals surface area contributed by atoms with Crippen molar-refractivity contribution in [3.63, 3.8) is 0 Å². The number of ether oxygens (including phenoxy) is 1. The molecular formula is C18H21NO4. The van der Waals surface area contributed by atoms with Crippen molar-refractivity contribution in [3.05, 3.63) is 23.3 Å². The lowest BCUT2D eigenvalue weighted by atomic mass is 9.45. The number of ketones is 1. The van der Waals surface area contributed by atoms with Crippen molar-refractivity contribution in [1.82, 2.24) is 4.90 Å². The van der Waals surface area contributed by atoms with Gasteiger partial charge < -0.3 is 19.8 Å². The van der Waals surface area contributed by atoms with Gasteiger partial charge in [-0.2, -0.15) is 0 Å². The molecular weight excluding hydrogens is 294 g/mol. The summed E-state index contributed by atoms with van der Waals surface area (Å²) in [7, 11) is 2.05. The number of likely N-dealkylation sites (tertiary alicyclic amines) is 1. The molecule has 2 bridgehead atoms.